The molecule has 0 aliphatic carbocycles. The highest BCUT2D eigenvalue weighted by molar-refractivity contribution is 7.92. The topological polar surface area (TPSA) is 93.0 Å². The second kappa shape index (κ2) is 10.0. The molecule has 3 aromatic rings. The average Bonchev–Trinajstić information content (AvgIpc) is 3.24. The van der Waals surface area contributed by atoms with Gasteiger partial charge < -0.3 is 9.47 Å². The SMILES string of the molecule is Cn1cnnc1C1CCN(c2c(NS(=O)(=O)CCCCl)cccc2-c2ccc(F)nc2)CC1. The highest BCUT2D eigenvalue weighted by Gasteiger charge is 2.27. The van der Waals surface area contributed by atoms with E-state index in [0.717, 1.165) is 29.9 Å². The number of pyridine rings is 1. The summed E-state index contributed by atoms with van der Waals surface area (Å²) in [5.41, 5.74) is 2.75. The van der Waals surface area contributed by atoms with Crippen molar-refractivity contribution in [2.75, 3.05) is 34.3 Å². The first-order chi connectivity index (χ1) is 15.9. The molecule has 11 heteroatoms. The van der Waals surface area contributed by atoms with Gasteiger partial charge >= 0.3 is 0 Å². The van der Waals surface area contributed by atoms with E-state index in [9.17, 15) is 12.8 Å². The number of para-hydroxylation sites is 1. The summed E-state index contributed by atoms with van der Waals surface area (Å²) in [5, 5.41) is 8.24. The number of hydrogen-bond donors (Lipinski definition) is 1. The molecular weight excluding hydrogens is 467 g/mol. The highest BCUT2D eigenvalue weighted by atomic mass is 35.5. The summed E-state index contributed by atoms with van der Waals surface area (Å²) in [6, 6.07) is 8.39. The molecule has 0 amide bonds. The Morgan fingerprint density at radius 3 is 2.64 bits per heavy atom. The molecular formula is C22H26ClFN6O2S. The van der Waals surface area contributed by atoms with Crippen molar-refractivity contribution in [2.24, 2.45) is 7.05 Å². The van der Waals surface area contributed by atoms with Gasteiger partial charge in [0.2, 0.25) is 16.0 Å². The lowest BCUT2D eigenvalue weighted by Crippen LogP contribution is -2.34. The summed E-state index contributed by atoms with van der Waals surface area (Å²) < 4.78 is 43.5. The van der Waals surface area contributed by atoms with Gasteiger partial charge in [0.1, 0.15) is 12.2 Å². The Labute approximate surface area is 197 Å². The van der Waals surface area contributed by atoms with Crippen LogP contribution in [0.25, 0.3) is 11.1 Å². The first-order valence-corrected chi connectivity index (χ1v) is 13.0. The maximum absolute atomic E-state index is 13.5. The fourth-order valence-electron chi connectivity index (χ4n) is 4.22. The van der Waals surface area contributed by atoms with Gasteiger partial charge in [-0.15, -0.1) is 21.8 Å². The lowest BCUT2D eigenvalue weighted by Gasteiger charge is -2.35. The maximum Gasteiger partial charge on any atom is 0.232 e. The number of rotatable bonds is 8. The Bertz CT molecular complexity index is 1190. The molecule has 0 atom stereocenters. The van der Waals surface area contributed by atoms with E-state index < -0.39 is 16.0 Å². The summed E-state index contributed by atoms with van der Waals surface area (Å²) in [6.07, 6.45) is 5.22. The number of anilines is 2. The lowest BCUT2D eigenvalue weighted by atomic mass is 9.94. The van der Waals surface area contributed by atoms with Crippen molar-refractivity contribution >= 4 is 33.0 Å². The molecule has 3 heterocycles. The van der Waals surface area contributed by atoms with Crippen LogP contribution in [0.15, 0.2) is 42.9 Å². The number of piperidine rings is 1. The second-order valence-electron chi connectivity index (χ2n) is 8.10. The van der Waals surface area contributed by atoms with Gasteiger partial charge in [-0.3, -0.25) is 4.72 Å². The number of sulfonamides is 1. The van der Waals surface area contributed by atoms with Crippen LogP contribution in [0.2, 0.25) is 0 Å². The molecule has 1 aromatic carbocycles. The molecule has 33 heavy (non-hydrogen) atoms. The van der Waals surface area contributed by atoms with Gasteiger partial charge in [-0.2, -0.15) is 4.39 Å². The number of nitrogens with zero attached hydrogens (tertiary/aromatic N) is 5. The number of benzene rings is 1. The number of hydrogen-bond acceptors (Lipinski definition) is 6. The van der Waals surface area contributed by atoms with Crippen LogP contribution in [0.1, 0.15) is 31.0 Å². The Kier molecular flexibility index (Phi) is 7.14. The van der Waals surface area contributed by atoms with E-state index in [1.54, 1.807) is 24.5 Å². The van der Waals surface area contributed by atoms with Crippen LogP contribution >= 0.6 is 11.6 Å². The predicted octanol–water partition coefficient (Wildman–Crippen LogP) is 3.77. The highest BCUT2D eigenvalue weighted by Crippen LogP contribution is 2.40. The molecule has 176 valence electrons. The third kappa shape index (κ3) is 5.44. The summed E-state index contributed by atoms with van der Waals surface area (Å²) in [5.74, 6) is 0.865. The molecule has 8 nitrogen and oxygen atoms in total. The largest absolute Gasteiger partial charge is 0.369 e. The third-order valence-electron chi connectivity index (χ3n) is 5.81. The van der Waals surface area contributed by atoms with Crippen molar-refractivity contribution < 1.29 is 12.8 Å². The molecule has 4 rings (SSSR count). The Morgan fingerprint density at radius 2 is 2.00 bits per heavy atom. The molecule has 1 aliphatic rings. The van der Waals surface area contributed by atoms with Crippen LogP contribution in [-0.2, 0) is 17.1 Å². The van der Waals surface area contributed by atoms with Crippen LogP contribution in [0, 0.1) is 5.95 Å². The summed E-state index contributed by atoms with van der Waals surface area (Å²) >= 11 is 5.70. The first kappa shape index (κ1) is 23.4. The van der Waals surface area contributed by atoms with Gasteiger partial charge in [0, 0.05) is 49.3 Å². The van der Waals surface area contributed by atoms with Gasteiger partial charge in [0.15, 0.2) is 0 Å². The van der Waals surface area contributed by atoms with Gasteiger partial charge in [0.25, 0.3) is 0 Å². The van der Waals surface area contributed by atoms with Gasteiger partial charge in [-0.25, -0.2) is 13.4 Å². The van der Waals surface area contributed by atoms with E-state index in [1.165, 1.54) is 12.3 Å². The molecule has 2 aromatic heterocycles. The zero-order chi connectivity index (χ0) is 23.4. The zero-order valence-electron chi connectivity index (χ0n) is 18.3. The van der Waals surface area contributed by atoms with Crippen molar-refractivity contribution in [3.05, 3.63) is 54.6 Å². The summed E-state index contributed by atoms with van der Waals surface area (Å²) in [7, 11) is -1.64. The minimum Gasteiger partial charge on any atom is -0.369 e. The van der Waals surface area contributed by atoms with Crippen LogP contribution in [-0.4, -0.2) is 52.9 Å². The molecule has 0 saturated carbocycles. The summed E-state index contributed by atoms with van der Waals surface area (Å²) in [6.45, 7) is 1.42. The minimum absolute atomic E-state index is 0.0630. The van der Waals surface area contributed by atoms with Crippen LogP contribution < -0.4 is 9.62 Å². The van der Waals surface area contributed by atoms with Crippen LogP contribution in [0.3, 0.4) is 0 Å². The molecule has 1 fully saturated rings. The molecule has 0 bridgehead atoms. The maximum atomic E-state index is 13.5. The fraction of sp³-hybridized carbons (Fsp3) is 0.409. The van der Waals surface area contributed by atoms with Crippen LogP contribution in [0.5, 0.6) is 0 Å². The quantitative estimate of drug-likeness (QED) is 0.380. The molecule has 1 N–H and O–H groups in total. The minimum atomic E-state index is -3.57. The zero-order valence-corrected chi connectivity index (χ0v) is 19.9. The van der Waals surface area contributed by atoms with Crippen molar-refractivity contribution in [3.63, 3.8) is 0 Å². The Morgan fingerprint density at radius 1 is 1.21 bits per heavy atom. The van der Waals surface area contributed by atoms with Crippen molar-refractivity contribution in [3.8, 4) is 11.1 Å². The van der Waals surface area contributed by atoms with Crippen molar-refractivity contribution in [1.29, 1.82) is 0 Å². The molecule has 0 radical (unpaired) electrons. The Hall–Kier alpha value is -2.72. The fourth-order valence-corrected chi connectivity index (χ4v) is 5.64. The monoisotopic (exact) mass is 492 g/mol. The molecule has 0 unspecified atom stereocenters. The average molecular weight is 493 g/mol. The standard InChI is InChI=1S/C22H26ClFN6O2S/c1-29-15-26-27-22(29)16-8-11-30(12-9-16)21-18(17-6-7-20(24)25-14-17)4-2-5-19(21)28-33(31,32)13-3-10-23/h2,4-7,14-16,28H,3,8-13H2,1H3. The van der Waals surface area contributed by atoms with E-state index in [4.69, 9.17) is 11.6 Å². The lowest BCUT2D eigenvalue weighted by molar-refractivity contribution is 0.474. The number of nitrogens with one attached hydrogen (secondary N) is 1. The first-order valence-electron chi connectivity index (χ1n) is 10.8. The normalized spacial score (nSPS) is 15.1. The van der Waals surface area contributed by atoms with Gasteiger partial charge in [-0.05, 0) is 37.5 Å². The van der Waals surface area contributed by atoms with Gasteiger partial charge in [-0.1, -0.05) is 12.1 Å². The number of aromatic nitrogens is 4. The van der Waals surface area contributed by atoms with E-state index in [0.29, 0.717) is 30.8 Å². The van der Waals surface area contributed by atoms with Crippen molar-refractivity contribution in [1.82, 2.24) is 19.7 Å². The number of aryl methyl sites for hydroxylation is 1. The van der Waals surface area contributed by atoms with Gasteiger partial charge in [0.05, 0.1) is 17.1 Å². The predicted molar refractivity (Wildman–Crippen MR) is 128 cm³/mol. The van der Waals surface area contributed by atoms with E-state index in [1.807, 2.05) is 17.7 Å². The molecule has 1 saturated heterocycles. The molecule has 0 spiro atoms. The van der Waals surface area contributed by atoms with E-state index in [2.05, 4.69) is 24.8 Å². The Balaban J connectivity index is 1.68. The van der Waals surface area contributed by atoms with Crippen molar-refractivity contribution in [2.45, 2.75) is 25.2 Å². The van der Waals surface area contributed by atoms with E-state index >= 15 is 0 Å². The number of alkyl halides is 1. The summed E-state index contributed by atoms with van der Waals surface area (Å²) in [4.78, 5) is 5.96. The second-order valence-corrected chi connectivity index (χ2v) is 10.3. The van der Waals surface area contributed by atoms with E-state index in [-0.39, 0.29) is 17.6 Å². The number of halogens is 2. The smallest absolute Gasteiger partial charge is 0.232 e. The third-order valence-corrected chi connectivity index (χ3v) is 7.43. The van der Waals surface area contributed by atoms with Crippen LogP contribution in [0.4, 0.5) is 15.8 Å². The molecule has 1 aliphatic heterocycles.